The first-order valence-corrected chi connectivity index (χ1v) is 18.4. The Morgan fingerprint density at radius 3 is 2.43 bits per heavy atom. The van der Waals surface area contributed by atoms with Gasteiger partial charge in [-0.3, -0.25) is 19.4 Å². The Bertz CT molecular complexity index is 1720. The van der Waals surface area contributed by atoms with E-state index in [4.69, 9.17) is 9.72 Å². The molecular formula is C36H50N8O6S. The number of carbonyl (C=O) groups excluding carboxylic acids is 4. The summed E-state index contributed by atoms with van der Waals surface area (Å²) in [7, 11) is 0. The lowest BCUT2D eigenvalue weighted by atomic mass is 9.85. The molecular weight excluding hydrogens is 673 g/mol. The highest BCUT2D eigenvalue weighted by Crippen LogP contribution is 2.33. The third kappa shape index (κ3) is 9.70. The Hall–Kier alpha value is -4.37. The second-order valence-electron chi connectivity index (χ2n) is 15.5. The van der Waals surface area contributed by atoms with Crippen LogP contribution in [0.2, 0.25) is 0 Å². The van der Waals surface area contributed by atoms with Crippen LogP contribution in [0.5, 0.6) is 5.88 Å². The van der Waals surface area contributed by atoms with E-state index in [0.717, 1.165) is 12.8 Å². The van der Waals surface area contributed by atoms with Gasteiger partial charge in [0.05, 0.1) is 18.0 Å². The van der Waals surface area contributed by atoms with Crippen LogP contribution in [-0.4, -0.2) is 97.2 Å². The summed E-state index contributed by atoms with van der Waals surface area (Å²) in [5.74, 6) is -0.856. The van der Waals surface area contributed by atoms with Crippen LogP contribution in [0, 0.1) is 5.41 Å². The van der Waals surface area contributed by atoms with Crippen molar-refractivity contribution >= 4 is 45.3 Å². The van der Waals surface area contributed by atoms with Crippen molar-refractivity contribution in [1.82, 2.24) is 41.1 Å². The molecule has 1 saturated carbocycles. The van der Waals surface area contributed by atoms with Crippen LogP contribution >= 0.6 is 11.3 Å². The molecule has 5 atom stereocenters. The Morgan fingerprint density at radius 1 is 1.06 bits per heavy atom. The maximum absolute atomic E-state index is 14.5. The molecule has 0 spiro atoms. The lowest BCUT2D eigenvalue weighted by molar-refractivity contribution is -0.143. The number of likely N-dealkylation sites (tertiary alicyclic amines) is 1. The second kappa shape index (κ2) is 15.5. The van der Waals surface area contributed by atoms with Crippen LogP contribution in [0.4, 0.5) is 4.79 Å². The number of rotatable bonds is 12. The zero-order chi connectivity index (χ0) is 37.1. The molecule has 5 amide bonds. The number of amides is 5. The van der Waals surface area contributed by atoms with E-state index in [-0.39, 0.29) is 19.0 Å². The van der Waals surface area contributed by atoms with Gasteiger partial charge in [0.2, 0.25) is 17.7 Å². The summed E-state index contributed by atoms with van der Waals surface area (Å²) in [6.45, 7) is 12.9. The van der Waals surface area contributed by atoms with Crippen molar-refractivity contribution in [2.45, 2.75) is 122 Å². The average molecular weight is 723 g/mol. The minimum absolute atomic E-state index is 0.0176. The van der Waals surface area contributed by atoms with Crippen LogP contribution in [0.3, 0.4) is 0 Å². The fourth-order valence-corrected chi connectivity index (χ4v) is 6.73. The molecule has 5 rings (SSSR count). The number of hydrogen-bond donors (Lipinski definition) is 5. The van der Waals surface area contributed by atoms with Crippen molar-refractivity contribution in [3.05, 3.63) is 35.8 Å². The number of aliphatic hydroxyl groups excluding tert-OH is 1. The fraction of sp³-hybridized carbons (Fsp3) is 0.583. The summed E-state index contributed by atoms with van der Waals surface area (Å²) in [5.41, 5.74) is -0.720. The van der Waals surface area contributed by atoms with E-state index in [9.17, 15) is 24.3 Å². The maximum atomic E-state index is 14.5. The number of ether oxygens (including phenoxy) is 1. The molecule has 1 aliphatic heterocycles. The normalized spacial score (nSPS) is 19.6. The topological polar surface area (TPSA) is 188 Å². The molecule has 0 bridgehead atoms. The summed E-state index contributed by atoms with van der Waals surface area (Å²) in [6, 6.07) is 3.91. The van der Waals surface area contributed by atoms with E-state index < -0.39 is 65.0 Å². The Labute approximate surface area is 302 Å². The molecule has 1 aliphatic carbocycles. The zero-order valence-electron chi connectivity index (χ0n) is 30.4. The van der Waals surface area contributed by atoms with Gasteiger partial charge in [0, 0.05) is 24.2 Å². The van der Waals surface area contributed by atoms with E-state index in [1.54, 1.807) is 18.3 Å². The number of carbonyl (C=O) groups is 4. The van der Waals surface area contributed by atoms with E-state index in [1.807, 2.05) is 66.0 Å². The van der Waals surface area contributed by atoms with Gasteiger partial charge in [0.1, 0.15) is 28.7 Å². The Balaban J connectivity index is 1.44. The molecule has 276 valence electrons. The predicted octanol–water partition coefficient (Wildman–Crippen LogP) is 3.54. The number of aliphatic hydroxyl groups is 1. The predicted molar refractivity (Wildman–Crippen MR) is 194 cm³/mol. The van der Waals surface area contributed by atoms with Gasteiger partial charge >= 0.3 is 6.03 Å². The first kappa shape index (κ1) is 37.9. The van der Waals surface area contributed by atoms with Gasteiger partial charge in [-0.2, -0.15) is 4.98 Å². The fourth-order valence-electron chi connectivity index (χ4n) is 5.98. The highest BCUT2D eigenvalue weighted by atomic mass is 32.1. The molecule has 2 unspecified atom stereocenters. The van der Waals surface area contributed by atoms with Gasteiger partial charge in [-0.05, 0) is 69.0 Å². The van der Waals surface area contributed by atoms with Crippen molar-refractivity contribution in [3.8, 4) is 17.4 Å². The molecule has 0 radical (unpaired) electrons. The van der Waals surface area contributed by atoms with Crippen molar-refractivity contribution in [2.75, 3.05) is 6.54 Å². The molecule has 3 aromatic heterocycles. The van der Waals surface area contributed by atoms with Gasteiger partial charge in [-0.25, -0.2) is 9.78 Å². The smallest absolute Gasteiger partial charge is 0.315 e. The molecule has 15 heteroatoms. The highest BCUT2D eigenvalue weighted by molar-refractivity contribution is 7.16. The van der Waals surface area contributed by atoms with Gasteiger partial charge in [0.15, 0.2) is 11.9 Å². The third-order valence-electron chi connectivity index (χ3n) is 8.69. The average Bonchev–Trinajstić information content (AvgIpc) is 3.56. The second-order valence-corrected chi connectivity index (χ2v) is 16.4. The van der Waals surface area contributed by atoms with Gasteiger partial charge in [-0.1, -0.05) is 40.2 Å². The monoisotopic (exact) mass is 722 g/mol. The summed E-state index contributed by atoms with van der Waals surface area (Å²) >= 11 is 1.43. The summed E-state index contributed by atoms with van der Waals surface area (Å²) in [6.07, 6.45) is 2.27. The minimum Gasteiger partial charge on any atom is -0.472 e. The number of nitrogens with one attached hydrogen (secondary N) is 4. The Kier molecular flexibility index (Phi) is 11.5. The standard InChI is InChI=1S/C36H50N8O6S/c1-8-11-23(26(45)30(47)38-20-13-14-20)39-29(46)25-18-21(19-44(25)33(48)27(35(2,3)4)40-34(49)43-36(5,6)7)50-31-22-15-17-51-32(22)42-28(41-31)24-12-9-10-16-37-24/h9-10,12,15-17,20-21,23,25-27,45H,8,11,13-14,18-19H2,1-7H3,(H,38,47)(H,39,46)(H2,40,43,49)/t21-,23+,25+,26?,27?/m1/s1. The molecule has 0 aromatic carbocycles. The molecule has 1 saturated heterocycles. The van der Waals surface area contributed by atoms with Crippen LogP contribution in [-0.2, 0) is 14.4 Å². The molecule has 51 heavy (non-hydrogen) atoms. The number of thiophene rings is 1. The summed E-state index contributed by atoms with van der Waals surface area (Å²) < 4.78 is 6.51. The van der Waals surface area contributed by atoms with Crippen molar-refractivity contribution < 1.29 is 29.0 Å². The van der Waals surface area contributed by atoms with E-state index in [2.05, 4.69) is 31.2 Å². The van der Waals surface area contributed by atoms with Crippen LogP contribution in [0.1, 0.15) is 80.6 Å². The number of urea groups is 1. The highest BCUT2D eigenvalue weighted by Gasteiger charge is 2.47. The first-order valence-electron chi connectivity index (χ1n) is 17.5. The van der Waals surface area contributed by atoms with Gasteiger partial charge in [-0.15, -0.1) is 11.3 Å². The van der Waals surface area contributed by atoms with Crippen LogP contribution in [0.15, 0.2) is 35.8 Å². The minimum atomic E-state index is -1.46. The molecule has 2 aliphatic rings. The third-order valence-corrected chi connectivity index (χ3v) is 9.50. The number of pyridine rings is 1. The number of fused-ring (bicyclic) bond motifs is 1. The largest absolute Gasteiger partial charge is 0.472 e. The lowest BCUT2D eigenvalue weighted by Crippen LogP contribution is -2.61. The van der Waals surface area contributed by atoms with E-state index in [0.29, 0.717) is 40.5 Å². The Morgan fingerprint density at radius 2 is 1.80 bits per heavy atom. The quantitative estimate of drug-likeness (QED) is 0.186. The SMILES string of the molecule is CCC[C@H](NC(=O)[C@@H]1C[C@@H](Oc2nc(-c3ccccn3)nc3sccc23)CN1C(=O)C(NC(=O)NC(C)(C)C)C(C)(C)C)C(O)C(=O)NC1CC1. The number of nitrogens with zero attached hydrogens (tertiary/aromatic N) is 4. The molecule has 2 fully saturated rings. The van der Waals surface area contributed by atoms with Gasteiger partial charge < -0.3 is 36.0 Å². The zero-order valence-corrected chi connectivity index (χ0v) is 31.2. The number of aromatic nitrogens is 3. The first-order chi connectivity index (χ1) is 24.0. The van der Waals surface area contributed by atoms with Crippen molar-refractivity contribution in [3.63, 3.8) is 0 Å². The molecule has 3 aromatic rings. The van der Waals surface area contributed by atoms with Crippen molar-refractivity contribution in [1.29, 1.82) is 0 Å². The molecule has 4 heterocycles. The van der Waals surface area contributed by atoms with Crippen LogP contribution < -0.4 is 26.0 Å². The maximum Gasteiger partial charge on any atom is 0.315 e. The van der Waals surface area contributed by atoms with E-state index in [1.165, 1.54) is 16.2 Å². The van der Waals surface area contributed by atoms with Crippen molar-refractivity contribution in [2.24, 2.45) is 5.41 Å². The lowest BCUT2D eigenvalue weighted by Gasteiger charge is -2.36. The van der Waals surface area contributed by atoms with Crippen LogP contribution in [0.25, 0.3) is 21.7 Å². The number of hydrogen-bond acceptors (Lipinski definition) is 10. The summed E-state index contributed by atoms with van der Waals surface area (Å²) in [4.78, 5) is 70.4. The summed E-state index contributed by atoms with van der Waals surface area (Å²) in [5, 5.41) is 24.9. The molecule has 14 nitrogen and oxygen atoms in total. The molecule has 5 N–H and O–H groups in total. The van der Waals surface area contributed by atoms with Gasteiger partial charge in [0.25, 0.3) is 5.91 Å². The van der Waals surface area contributed by atoms with E-state index >= 15 is 0 Å².